The fraction of sp³-hybridized carbons (Fsp3) is 0.467. The van der Waals surface area contributed by atoms with Crippen LogP contribution in [0.2, 0.25) is 0 Å². The van der Waals surface area contributed by atoms with E-state index in [1.807, 2.05) is 18.2 Å². The molecule has 94 valence electrons. The van der Waals surface area contributed by atoms with E-state index in [-0.39, 0.29) is 0 Å². The third kappa shape index (κ3) is 1.84. The van der Waals surface area contributed by atoms with Crippen LogP contribution < -0.4 is 0 Å². The van der Waals surface area contributed by atoms with Gasteiger partial charge in [0.25, 0.3) is 0 Å². The fourth-order valence-corrected chi connectivity index (χ4v) is 2.64. The van der Waals surface area contributed by atoms with Gasteiger partial charge in [0, 0.05) is 12.5 Å². The number of aryl methyl sites for hydroxylation is 1. The largest absolute Gasteiger partial charge is 0.328 e. The Morgan fingerprint density at radius 3 is 2.83 bits per heavy atom. The highest BCUT2D eigenvalue weighted by Gasteiger charge is 2.26. The highest BCUT2D eigenvalue weighted by molar-refractivity contribution is 5.84. The molecule has 1 saturated carbocycles. The Morgan fingerprint density at radius 1 is 1.39 bits per heavy atom. The van der Waals surface area contributed by atoms with E-state index in [9.17, 15) is 4.79 Å². The normalized spacial score (nSPS) is 15.8. The Balaban J connectivity index is 1.92. The van der Waals surface area contributed by atoms with E-state index in [1.165, 1.54) is 6.42 Å². The Kier molecular flexibility index (Phi) is 2.90. The number of hydrogen-bond acceptors (Lipinski definition) is 2. The van der Waals surface area contributed by atoms with Gasteiger partial charge in [-0.2, -0.15) is 0 Å². The maximum Gasteiger partial charge on any atom is 0.143 e. The van der Waals surface area contributed by atoms with Crippen molar-refractivity contribution in [3.63, 3.8) is 0 Å². The number of benzene rings is 1. The number of carbonyl (C=O) groups excluding carboxylic acids is 1. The first-order valence-electron chi connectivity index (χ1n) is 6.76. The zero-order valence-electron chi connectivity index (χ0n) is 10.7. The Labute approximate surface area is 107 Å². The number of Topliss-reactive ketones (excluding diaryl/α,β-unsaturated/α-hetero) is 1. The molecule has 0 radical (unpaired) electrons. The molecule has 0 saturated heterocycles. The third-order valence-corrected chi connectivity index (χ3v) is 3.94. The molecule has 3 heteroatoms. The molecule has 0 aliphatic heterocycles. The highest BCUT2D eigenvalue weighted by Crippen LogP contribution is 2.28. The summed E-state index contributed by atoms with van der Waals surface area (Å²) in [6, 6.07) is 8.10. The zero-order chi connectivity index (χ0) is 12.5. The van der Waals surface area contributed by atoms with E-state index in [1.54, 1.807) is 0 Å². The summed E-state index contributed by atoms with van der Waals surface area (Å²) in [6.07, 6.45) is 3.85. The van der Waals surface area contributed by atoms with Crippen LogP contribution in [0, 0.1) is 5.92 Å². The molecular formula is C15H18N2O. The van der Waals surface area contributed by atoms with Gasteiger partial charge in [-0.15, -0.1) is 0 Å². The van der Waals surface area contributed by atoms with Crippen molar-refractivity contribution in [3.8, 4) is 0 Å². The molecule has 18 heavy (non-hydrogen) atoms. The van der Waals surface area contributed by atoms with E-state index in [0.717, 1.165) is 36.2 Å². The third-order valence-electron chi connectivity index (χ3n) is 3.94. The maximum atomic E-state index is 12.1. The van der Waals surface area contributed by atoms with Gasteiger partial charge in [-0.05, 0) is 31.9 Å². The molecule has 1 heterocycles. The molecule has 1 aromatic heterocycles. The van der Waals surface area contributed by atoms with Crippen LogP contribution >= 0.6 is 0 Å². The maximum absolute atomic E-state index is 12.1. The van der Waals surface area contributed by atoms with Gasteiger partial charge >= 0.3 is 0 Å². The summed E-state index contributed by atoms with van der Waals surface area (Å²) in [5.41, 5.74) is 2.13. The minimum absolute atomic E-state index is 0.301. The van der Waals surface area contributed by atoms with Crippen molar-refractivity contribution < 1.29 is 4.79 Å². The van der Waals surface area contributed by atoms with Crippen LogP contribution in [-0.4, -0.2) is 15.3 Å². The van der Waals surface area contributed by atoms with Crippen LogP contribution in [-0.2, 0) is 17.8 Å². The number of ketones is 1. The van der Waals surface area contributed by atoms with Crippen molar-refractivity contribution in [2.24, 2.45) is 5.92 Å². The lowest BCUT2D eigenvalue weighted by Gasteiger charge is -2.23. The molecule has 3 nitrogen and oxygen atoms in total. The molecule has 0 spiro atoms. The van der Waals surface area contributed by atoms with Gasteiger partial charge in [0.2, 0.25) is 0 Å². The predicted molar refractivity (Wildman–Crippen MR) is 71.5 cm³/mol. The minimum Gasteiger partial charge on any atom is -0.328 e. The lowest BCUT2D eigenvalue weighted by molar-refractivity contribution is -0.124. The second-order valence-electron chi connectivity index (χ2n) is 5.03. The summed E-state index contributed by atoms with van der Waals surface area (Å²) in [5.74, 6) is 1.59. The van der Waals surface area contributed by atoms with Crippen LogP contribution in [0.3, 0.4) is 0 Å². The number of para-hydroxylation sites is 2. The first kappa shape index (κ1) is 11.5. The Morgan fingerprint density at radius 2 is 2.17 bits per heavy atom. The SMILES string of the molecule is CCn1c(CC(=O)C2CCC2)nc2ccccc21. The van der Waals surface area contributed by atoms with Crippen molar-refractivity contribution in [1.29, 1.82) is 0 Å². The summed E-state index contributed by atoms with van der Waals surface area (Å²) in [6.45, 7) is 2.97. The molecular weight excluding hydrogens is 224 g/mol. The standard InChI is InChI=1S/C15H18N2O/c1-2-17-13-9-4-3-8-12(13)16-15(17)10-14(18)11-6-5-7-11/h3-4,8-9,11H,2,5-7,10H2,1H3. The summed E-state index contributed by atoms with van der Waals surface area (Å²) < 4.78 is 2.16. The number of nitrogens with zero attached hydrogens (tertiary/aromatic N) is 2. The fourth-order valence-electron chi connectivity index (χ4n) is 2.64. The van der Waals surface area contributed by atoms with Crippen molar-refractivity contribution in [1.82, 2.24) is 9.55 Å². The number of hydrogen-bond donors (Lipinski definition) is 0. The second kappa shape index (κ2) is 4.56. The lowest BCUT2D eigenvalue weighted by Crippen LogP contribution is -2.24. The summed E-state index contributed by atoms with van der Waals surface area (Å²) in [7, 11) is 0. The molecule has 1 fully saturated rings. The first-order valence-corrected chi connectivity index (χ1v) is 6.76. The Bertz CT molecular complexity index is 581. The number of rotatable bonds is 4. The second-order valence-corrected chi connectivity index (χ2v) is 5.03. The van der Waals surface area contributed by atoms with Crippen LogP contribution in [0.1, 0.15) is 32.0 Å². The van der Waals surface area contributed by atoms with Crippen molar-refractivity contribution in [2.45, 2.75) is 39.2 Å². The quantitative estimate of drug-likeness (QED) is 0.826. The molecule has 2 aromatic rings. The van der Waals surface area contributed by atoms with Crippen molar-refractivity contribution >= 4 is 16.8 Å². The molecule has 1 aliphatic carbocycles. The number of aromatic nitrogens is 2. The van der Waals surface area contributed by atoms with Crippen LogP contribution in [0.25, 0.3) is 11.0 Å². The average molecular weight is 242 g/mol. The highest BCUT2D eigenvalue weighted by atomic mass is 16.1. The van der Waals surface area contributed by atoms with Crippen molar-refractivity contribution in [3.05, 3.63) is 30.1 Å². The molecule has 0 unspecified atom stereocenters. The number of imidazole rings is 1. The van der Waals surface area contributed by atoms with Gasteiger partial charge in [-0.1, -0.05) is 18.6 Å². The topological polar surface area (TPSA) is 34.9 Å². The molecule has 0 bridgehead atoms. The Hall–Kier alpha value is -1.64. The molecule has 1 aliphatic rings. The molecule has 0 N–H and O–H groups in total. The lowest BCUT2D eigenvalue weighted by atomic mass is 9.81. The van der Waals surface area contributed by atoms with E-state index in [2.05, 4.69) is 22.5 Å². The molecule has 0 atom stereocenters. The number of fused-ring (bicyclic) bond motifs is 1. The molecule has 0 amide bonds. The van der Waals surface area contributed by atoms with Gasteiger partial charge in [-0.3, -0.25) is 4.79 Å². The van der Waals surface area contributed by atoms with Gasteiger partial charge < -0.3 is 4.57 Å². The molecule has 3 rings (SSSR count). The predicted octanol–water partition coefficient (Wildman–Crippen LogP) is 2.97. The summed E-state index contributed by atoms with van der Waals surface area (Å²) in [5, 5.41) is 0. The van der Waals surface area contributed by atoms with E-state index in [0.29, 0.717) is 18.1 Å². The molecule has 1 aromatic carbocycles. The van der Waals surface area contributed by atoms with Gasteiger partial charge in [0.15, 0.2) is 0 Å². The van der Waals surface area contributed by atoms with Crippen molar-refractivity contribution in [2.75, 3.05) is 0 Å². The summed E-state index contributed by atoms with van der Waals surface area (Å²) in [4.78, 5) is 16.7. The number of carbonyl (C=O) groups is 1. The monoisotopic (exact) mass is 242 g/mol. The van der Waals surface area contributed by atoms with Gasteiger partial charge in [0.05, 0.1) is 17.5 Å². The zero-order valence-corrected chi connectivity index (χ0v) is 10.7. The minimum atomic E-state index is 0.301. The van der Waals surface area contributed by atoms with E-state index >= 15 is 0 Å². The average Bonchev–Trinajstić information content (AvgIpc) is 2.63. The van der Waals surface area contributed by atoms with E-state index < -0.39 is 0 Å². The van der Waals surface area contributed by atoms with Crippen LogP contribution in [0.4, 0.5) is 0 Å². The van der Waals surface area contributed by atoms with E-state index in [4.69, 9.17) is 0 Å². The van der Waals surface area contributed by atoms with Gasteiger partial charge in [0.1, 0.15) is 11.6 Å². The van der Waals surface area contributed by atoms with Crippen LogP contribution in [0.15, 0.2) is 24.3 Å². The summed E-state index contributed by atoms with van der Waals surface area (Å²) >= 11 is 0. The smallest absolute Gasteiger partial charge is 0.143 e. The van der Waals surface area contributed by atoms with Gasteiger partial charge in [-0.25, -0.2) is 4.98 Å². The first-order chi connectivity index (χ1) is 8.79. The van der Waals surface area contributed by atoms with Crippen LogP contribution in [0.5, 0.6) is 0 Å².